The molecule has 144 valence electrons. The van der Waals surface area contributed by atoms with E-state index in [4.69, 9.17) is 4.74 Å². The second-order valence-corrected chi connectivity index (χ2v) is 18.0. The lowest BCUT2D eigenvalue weighted by molar-refractivity contribution is 0.395. The van der Waals surface area contributed by atoms with Crippen molar-refractivity contribution in [3.8, 4) is 0 Å². The predicted octanol–water partition coefficient (Wildman–Crippen LogP) is 8.48. The van der Waals surface area contributed by atoms with Crippen LogP contribution in [0.25, 0.3) is 0 Å². The minimum absolute atomic E-state index is 0.0440. The molecular formula is C20H44N2P2. The van der Waals surface area contributed by atoms with Gasteiger partial charge < -0.3 is 0 Å². The van der Waals surface area contributed by atoms with Crippen molar-refractivity contribution in [3.63, 3.8) is 0 Å². The van der Waals surface area contributed by atoms with E-state index in [1.165, 1.54) is 25.7 Å². The van der Waals surface area contributed by atoms with Gasteiger partial charge in [0.15, 0.2) is 0 Å². The highest BCUT2D eigenvalue weighted by Crippen LogP contribution is 3.10. The van der Waals surface area contributed by atoms with Gasteiger partial charge in [-0.25, -0.2) is 4.44 Å². The van der Waals surface area contributed by atoms with E-state index in [-0.39, 0.29) is 18.8 Å². The van der Waals surface area contributed by atoms with Crippen molar-refractivity contribution in [2.24, 2.45) is 4.74 Å². The van der Waals surface area contributed by atoms with Crippen LogP contribution in [-0.4, -0.2) is 25.8 Å². The zero-order valence-electron chi connectivity index (χ0n) is 18.6. The summed E-state index contributed by atoms with van der Waals surface area (Å²) in [5.41, 5.74) is 0.258. The molecule has 0 spiro atoms. The third kappa shape index (κ3) is 3.68. The molecule has 3 atom stereocenters. The van der Waals surface area contributed by atoms with Gasteiger partial charge in [0.1, 0.15) is 0 Å². The van der Waals surface area contributed by atoms with Gasteiger partial charge in [-0.3, -0.25) is 4.74 Å². The van der Waals surface area contributed by atoms with Gasteiger partial charge in [-0.15, -0.1) is 0 Å². The number of rotatable bonds is 6. The standard InChI is InChI=1S/C20H44N2P2/c1-13-19(11,14-2)23-22(18(8,9)10)24(23,21-17(5,6)7)20(12,15-3)16-4/h13-16H2,1-12H3/t22?,23-,24+/m0/s1. The monoisotopic (exact) mass is 374 g/mol. The van der Waals surface area contributed by atoms with Gasteiger partial charge in [0.05, 0.1) is 12.4 Å². The summed E-state index contributed by atoms with van der Waals surface area (Å²) in [7, 11) is -0.182. The van der Waals surface area contributed by atoms with Crippen LogP contribution < -0.4 is 0 Å². The normalized spacial score (nSPS) is 28.8. The molecule has 24 heavy (non-hydrogen) atoms. The molecule has 0 aromatic heterocycles. The van der Waals surface area contributed by atoms with Crippen molar-refractivity contribution in [2.75, 3.05) is 0 Å². The van der Waals surface area contributed by atoms with Crippen LogP contribution in [-0.2, 0) is 0 Å². The van der Waals surface area contributed by atoms with Crippen LogP contribution in [0, 0.1) is 0 Å². The Morgan fingerprint density at radius 1 is 0.750 bits per heavy atom. The lowest BCUT2D eigenvalue weighted by Crippen LogP contribution is -2.29. The third-order valence-electron chi connectivity index (χ3n) is 5.97. The summed E-state index contributed by atoms with van der Waals surface area (Å²) >= 11 is 0. The van der Waals surface area contributed by atoms with Gasteiger partial charge in [-0.2, -0.15) is 0 Å². The molecule has 0 saturated carbocycles. The molecule has 0 amide bonds. The van der Waals surface area contributed by atoms with Crippen LogP contribution in [0.15, 0.2) is 4.74 Å². The van der Waals surface area contributed by atoms with Crippen molar-refractivity contribution in [2.45, 2.75) is 130 Å². The zero-order chi connectivity index (χ0) is 19.2. The SMILES string of the molecule is CCC(C)(CC)[P@@]1N(C(C)(C)C)[P@]1(=NC(C)(C)C)C(C)(CC)CC. The van der Waals surface area contributed by atoms with Crippen LogP contribution in [0.2, 0.25) is 0 Å². The second kappa shape index (κ2) is 6.98. The number of hydrogen-bond donors (Lipinski definition) is 0. The topological polar surface area (TPSA) is 15.4 Å². The number of hydrogen-bond acceptors (Lipinski definition) is 1. The first-order valence-electron chi connectivity index (χ1n) is 9.94. The first-order chi connectivity index (χ1) is 10.7. The van der Waals surface area contributed by atoms with Gasteiger partial charge >= 0.3 is 0 Å². The van der Waals surface area contributed by atoms with Gasteiger partial charge in [0, 0.05) is 23.6 Å². The molecule has 0 radical (unpaired) electrons. The average Bonchev–Trinajstić information content (AvgIpc) is 3.14. The Morgan fingerprint density at radius 3 is 1.42 bits per heavy atom. The Morgan fingerprint density at radius 2 is 1.17 bits per heavy atom. The van der Waals surface area contributed by atoms with E-state index in [0.717, 1.165) is 0 Å². The molecule has 1 aliphatic heterocycles. The smallest absolute Gasteiger partial charge is 0.0790 e. The summed E-state index contributed by atoms with van der Waals surface area (Å²) in [5, 5.41) is 0.779. The Balaban J connectivity index is 3.77. The summed E-state index contributed by atoms with van der Waals surface area (Å²) in [6.07, 6.45) is 5.02. The minimum atomic E-state index is -1.51. The lowest BCUT2D eigenvalue weighted by Gasteiger charge is -2.36. The fourth-order valence-corrected chi connectivity index (χ4v) is 21.5. The molecule has 0 aromatic rings. The lowest BCUT2D eigenvalue weighted by atomic mass is 10.1. The molecule has 1 saturated heterocycles. The molecule has 1 rings (SSSR count). The van der Waals surface area contributed by atoms with Crippen LogP contribution in [0.4, 0.5) is 0 Å². The first-order valence-corrected chi connectivity index (χ1v) is 13.6. The Kier molecular flexibility index (Phi) is 6.59. The maximum atomic E-state index is 5.72. The molecule has 1 heterocycles. The Labute approximate surface area is 154 Å². The first kappa shape index (κ1) is 22.7. The Bertz CT molecular complexity index is 489. The van der Waals surface area contributed by atoms with E-state index < -0.39 is 6.89 Å². The molecule has 0 aromatic carbocycles. The van der Waals surface area contributed by atoms with E-state index in [0.29, 0.717) is 10.3 Å². The van der Waals surface area contributed by atoms with E-state index in [1.54, 1.807) is 0 Å². The highest BCUT2D eigenvalue weighted by Gasteiger charge is 2.72. The highest BCUT2D eigenvalue weighted by atomic mass is 32.1. The highest BCUT2D eigenvalue weighted by molar-refractivity contribution is 8.47. The van der Waals surface area contributed by atoms with Gasteiger partial charge in [0.25, 0.3) is 0 Å². The summed E-state index contributed by atoms with van der Waals surface area (Å²) in [5.74, 6) is 0. The van der Waals surface area contributed by atoms with Crippen LogP contribution in [0.5, 0.6) is 0 Å². The summed E-state index contributed by atoms with van der Waals surface area (Å²) < 4.78 is 8.67. The van der Waals surface area contributed by atoms with E-state index in [9.17, 15) is 0 Å². The van der Waals surface area contributed by atoms with Crippen LogP contribution in [0.3, 0.4) is 0 Å². The maximum absolute atomic E-state index is 5.72. The van der Waals surface area contributed by atoms with Crippen molar-refractivity contribution in [1.29, 1.82) is 0 Å². The van der Waals surface area contributed by atoms with E-state index in [1.807, 2.05) is 0 Å². The van der Waals surface area contributed by atoms with E-state index in [2.05, 4.69) is 87.5 Å². The van der Waals surface area contributed by atoms with E-state index >= 15 is 0 Å². The van der Waals surface area contributed by atoms with Crippen LogP contribution >= 0.6 is 14.7 Å². The fraction of sp³-hybridized carbons (Fsp3) is 1.00. The van der Waals surface area contributed by atoms with Crippen molar-refractivity contribution < 1.29 is 0 Å². The molecule has 0 bridgehead atoms. The molecule has 0 aliphatic carbocycles. The molecule has 1 fully saturated rings. The van der Waals surface area contributed by atoms with Crippen LogP contribution in [0.1, 0.15) is 109 Å². The molecule has 1 unspecified atom stereocenters. The quantitative estimate of drug-likeness (QED) is 0.336. The zero-order valence-corrected chi connectivity index (χ0v) is 20.4. The number of nitrogens with zero attached hydrogens (tertiary/aromatic N) is 2. The van der Waals surface area contributed by atoms with Crippen molar-refractivity contribution in [1.82, 2.24) is 4.44 Å². The maximum Gasteiger partial charge on any atom is 0.0790 e. The largest absolute Gasteiger partial charge is 0.276 e. The second-order valence-electron chi connectivity index (χ2n) is 10.00. The van der Waals surface area contributed by atoms with Gasteiger partial charge in [0.2, 0.25) is 0 Å². The molecule has 1 aliphatic rings. The summed E-state index contributed by atoms with van der Waals surface area (Å²) in [4.78, 5) is 0. The van der Waals surface area contributed by atoms with Crippen molar-refractivity contribution in [3.05, 3.63) is 0 Å². The van der Waals surface area contributed by atoms with Gasteiger partial charge in [-0.1, -0.05) is 41.5 Å². The molecule has 2 nitrogen and oxygen atoms in total. The summed E-state index contributed by atoms with van der Waals surface area (Å²) in [6, 6.07) is 0. The average molecular weight is 375 g/mol. The third-order valence-corrected chi connectivity index (χ3v) is 19.4. The van der Waals surface area contributed by atoms with Gasteiger partial charge in [-0.05, 0) is 67.2 Å². The minimum Gasteiger partial charge on any atom is -0.276 e. The fourth-order valence-electron chi connectivity index (χ4n) is 3.74. The predicted molar refractivity (Wildman–Crippen MR) is 116 cm³/mol. The Hall–Kier alpha value is 0.620. The van der Waals surface area contributed by atoms with Crippen molar-refractivity contribution >= 4 is 14.7 Å². The molecular weight excluding hydrogens is 330 g/mol. The molecule has 4 heteroatoms. The summed E-state index contributed by atoms with van der Waals surface area (Å²) in [6.45, 7) is 27.3. The molecule has 0 N–H and O–H groups in total.